The molecule has 0 fully saturated rings. The molecule has 0 saturated carbocycles. The maximum atomic E-state index is 10.5. The minimum absolute atomic E-state index is 0.117. The Balaban J connectivity index is 1.70. The van der Waals surface area contributed by atoms with Gasteiger partial charge < -0.3 is 25.4 Å². The summed E-state index contributed by atoms with van der Waals surface area (Å²) in [7, 11) is 0. The van der Waals surface area contributed by atoms with Gasteiger partial charge >= 0.3 is 0 Å². The Bertz CT molecular complexity index is 993. The number of aryl methyl sites for hydroxylation is 1. The molecule has 1 atom stereocenters. The van der Waals surface area contributed by atoms with Gasteiger partial charge in [0.15, 0.2) is 0 Å². The van der Waals surface area contributed by atoms with Gasteiger partial charge in [-0.3, -0.25) is 0 Å². The molecule has 0 aromatic heterocycles. The third-order valence-electron chi connectivity index (χ3n) is 4.54. The fourth-order valence-electron chi connectivity index (χ4n) is 2.81. The number of ether oxygens (including phenoxy) is 1. The van der Waals surface area contributed by atoms with Crippen molar-refractivity contribution in [1.82, 2.24) is 5.32 Å². The number of benzene rings is 2. The zero-order valence-corrected chi connectivity index (χ0v) is 17.3. The van der Waals surface area contributed by atoms with Gasteiger partial charge in [0.25, 0.3) is 0 Å². The summed E-state index contributed by atoms with van der Waals surface area (Å²) < 4.78 is 61.4. The summed E-state index contributed by atoms with van der Waals surface area (Å²) in [4.78, 5) is 0. The lowest BCUT2D eigenvalue weighted by Gasteiger charge is -2.14. The Kier molecular flexibility index (Phi) is 7.89. The molecule has 30 heavy (non-hydrogen) atoms. The van der Waals surface area contributed by atoms with E-state index in [1.807, 2.05) is 30.3 Å². The van der Waals surface area contributed by atoms with Crippen molar-refractivity contribution in [3.8, 4) is 5.75 Å². The first-order chi connectivity index (χ1) is 17.4. The van der Waals surface area contributed by atoms with E-state index in [2.05, 4.69) is 5.32 Å². The van der Waals surface area contributed by atoms with Crippen molar-refractivity contribution in [2.45, 2.75) is 57.7 Å². The van der Waals surface area contributed by atoms with Crippen LogP contribution in [0.4, 0.5) is 0 Å². The van der Waals surface area contributed by atoms with Gasteiger partial charge in [0, 0.05) is 28.0 Å². The van der Waals surface area contributed by atoms with Crippen LogP contribution < -0.4 is 5.32 Å². The first kappa shape index (κ1) is 15.8. The van der Waals surface area contributed by atoms with Crippen molar-refractivity contribution in [2.75, 3.05) is 26.2 Å². The maximum absolute atomic E-state index is 10.5. The van der Waals surface area contributed by atoms with Crippen LogP contribution in [0.2, 0.25) is 0 Å². The van der Waals surface area contributed by atoms with E-state index in [0.29, 0.717) is 32.1 Å². The molecule has 0 heterocycles. The lowest BCUT2D eigenvalue weighted by Crippen LogP contribution is -2.22. The fourth-order valence-corrected chi connectivity index (χ4v) is 2.81. The normalized spacial score (nSPS) is 16.5. The molecule has 1 unspecified atom stereocenters. The van der Waals surface area contributed by atoms with Crippen molar-refractivity contribution in [3.05, 3.63) is 65.1 Å². The predicted molar refractivity (Wildman–Crippen MR) is 121 cm³/mol. The first-order valence-corrected chi connectivity index (χ1v) is 10.4. The highest BCUT2D eigenvalue weighted by atomic mass is 16.5. The lowest BCUT2D eigenvalue weighted by atomic mass is 10.1. The summed E-state index contributed by atoms with van der Waals surface area (Å²) >= 11 is 0. The third-order valence-corrected chi connectivity index (χ3v) is 4.54. The van der Waals surface area contributed by atoms with Crippen LogP contribution in [-0.4, -0.2) is 41.5 Å². The second-order valence-electron chi connectivity index (χ2n) is 6.99. The minimum Gasteiger partial charge on any atom is -0.508 e. The van der Waals surface area contributed by atoms with E-state index >= 15 is 0 Å². The standard InChI is InChI=1S/C25H37NO4/c27-20-23-18-22(13-14-24(23)28)25(29)19-26-15-7-1-2-8-16-30-17-9-6-12-21-10-4-3-5-11-21/h3-5,10-11,13-14,18,25-29H,1-2,6-9,12,15-17,19-20H2/i13D,14D,15D2,17D2,18D. The Labute approximate surface area is 190 Å². The summed E-state index contributed by atoms with van der Waals surface area (Å²) in [6.45, 7) is -4.39. The zero-order chi connectivity index (χ0) is 27.6. The van der Waals surface area contributed by atoms with Gasteiger partial charge in [0.05, 0.1) is 19.6 Å². The first-order valence-electron chi connectivity index (χ1n) is 13.9. The van der Waals surface area contributed by atoms with Crippen LogP contribution in [0.1, 0.15) is 70.9 Å². The monoisotopic (exact) mass is 422 g/mol. The topological polar surface area (TPSA) is 82.0 Å². The number of hydrogen-bond donors (Lipinski definition) is 4. The molecule has 5 heteroatoms. The SMILES string of the molecule is [2H]c1c([2H])c(C(O)CNC([2H])([2H])CCCCCOC([2H])([2H])CCCc2ccccc2)c([2H])c(CO)c1O. The van der Waals surface area contributed by atoms with E-state index < -0.39 is 49.6 Å². The van der Waals surface area contributed by atoms with Gasteiger partial charge in [0.1, 0.15) is 5.75 Å². The van der Waals surface area contributed by atoms with E-state index in [0.717, 1.165) is 12.0 Å². The van der Waals surface area contributed by atoms with Crippen LogP contribution >= 0.6 is 0 Å². The van der Waals surface area contributed by atoms with Gasteiger partial charge in [-0.2, -0.15) is 0 Å². The van der Waals surface area contributed by atoms with Crippen molar-refractivity contribution in [1.29, 1.82) is 0 Å². The Morgan fingerprint density at radius 3 is 2.63 bits per heavy atom. The number of aliphatic hydroxyl groups is 2. The third kappa shape index (κ3) is 9.72. The molecule has 2 rings (SSSR count). The summed E-state index contributed by atoms with van der Waals surface area (Å²) in [5, 5.41) is 32.2. The van der Waals surface area contributed by atoms with Crippen LogP contribution in [0, 0.1) is 0 Å². The van der Waals surface area contributed by atoms with Crippen LogP contribution in [0.5, 0.6) is 5.75 Å². The summed E-state index contributed by atoms with van der Waals surface area (Å²) in [5.74, 6) is -0.680. The second-order valence-corrected chi connectivity index (χ2v) is 6.99. The second kappa shape index (κ2) is 15.0. The molecule has 5 nitrogen and oxygen atoms in total. The molecular weight excluding hydrogens is 378 g/mol. The Hall–Kier alpha value is -1.92. The van der Waals surface area contributed by atoms with Crippen molar-refractivity contribution in [3.63, 3.8) is 0 Å². The largest absolute Gasteiger partial charge is 0.508 e. The molecule has 166 valence electrons. The summed E-state index contributed by atoms with van der Waals surface area (Å²) in [6.07, 6.45) is 2.07. The van der Waals surface area contributed by atoms with E-state index in [1.54, 1.807) is 0 Å². The highest BCUT2D eigenvalue weighted by Crippen LogP contribution is 2.22. The van der Waals surface area contributed by atoms with Crippen LogP contribution in [-0.2, 0) is 17.8 Å². The molecule has 0 amide bonds. The molecule has 0 saturated heterocycles. The molecule has 0 radical (unpaired) electrons. The molecule has 2 aromatic carbocycles. The fraction of sp³-hybridized carbons (Fsp3) is 0.520. The number of hydrogen-bond acceptors (Lipinski definition) is 5. The van der Waals surface area contributed by atoms with Crippen molar-refractivity contribution >= 4 is 0 Å². The van der Waals surface area contributed by atoms with Gasteiger partial charge in [-0.25, -0.2) is 0 Å². The number of unbranched alkanes of at least 4 members (excludes halogenated alkanes) is 2. The molecule has 4 N–H and O–H groups in total. The van der Waals surface area contributed by atoms with Crippen LogP contribution in [0.15, 0.2) is 48.5 Å². The van der Waals surface area contributed by atoms with Gasteiger partial charge in [-0.05, 0) is 61.8 Å². The highest BCUT2D eigenvalue weighted by Gasteiger charge is 2.09. The average Bonchev–Trinajstić information content (AvgIpc) is 2.84. The number of aliphatic hydroxyl groups excluding tert-OH is 2. The average molecular weight is 423 g/mol. The zero-order valence-electron chi connectivity index (χ0n) is 24.3. The van der Waals surface area contributed by atoms with Crippen LogP contribution in [0.3, 0.4) is 0 Å². The van der Waals surface area contributed by atoms with Crippen molar-refractivity contribution in [2.24, 2.45) is 0 Å². The maximum Gasteiger partial charge on any atom is 0.121 e. The van der Waals surface area contributed by atoms with E-state index in [9.17, 15) is 15.3 Å². The number of nitrogens with one attached hydrogen (secondary N) is 1. The Morgan fingerprint density at radius 1 is 1.03 bits per heavy atom. The molecular formula is C25H37NO4. The predicted octanol–water partition coefficient (Wildman–Crippen LogP) is 4.11. The summed E-state index contributed by atoms with van der Waals surface area (Å²) in [6, 6.07) is 8.27. The lowest BCUT2D eigenvalue weighted by molar-refractivity contribution is 0.126. The minimum atomic E-state index is -1.85. The molecule has 2 aromatic rings. The number of rotatable bonds is 16. The smallest absolute Gasteiger partial charge is 0.121 e. The molecule has 0 aliphatic carbocycles. The summed E-state index contributed by atoms with van der Waals surface area (Å²) in [5.41, 5.74) is 0.638. The van der Waals surface area contributed by atoms with Gasteiger partial charge in [0.2, 0.25) is 0 Å². The molecule has 0 bridgehead atoms. The van der Waals surface area contributed by atoms with Gasteiger partial charge in [-0.15, -0.1) is 0 Å². The van der Waals surface area contributed by atoms with E-state index in [4.69, 9.17) is 14.3 Å². The number of aromatic hydroxyl groups is 1. The van der Waals surface area contributed by atoms with E-state index in [-0.39, 0.29) is 30.7 Å². The highest BCUT2D eigenvalue weighted by molar-refractivity contribution is 5.36. The van der Waals surface area contributed by atoms with E-state index in [1.165, 1.54) is 0 Å². The molecule has 0 spiro atoms. The van der Waals surface area contributed by atoms with Gasteiger partial charge in [-0.1, -0.05) is 49.2 Å². The Morgan fingerprint density at radius 2 is 1.83 bits per heavy atom. The van der Waals surface area contributed by atoms with Crippen molar-refractivity contribution < 1.29 is 29.7 Å². The quantitative estimate of drug-likeness (QED) is 0.306. The molecule has 0 aliphatic rings. The number of phenols is 1. The molecule has 0 aliphatic heterocycles. The van der Waals surface area contributed by atoms with Crippen LogP contribution in [0.25, 0.3) is 0 Å².